The largest absolute Gasteiger partial charge is 0.489 e. The van der Waals surface area contributed by atoms with Crippen LogP contribution in [0.5, 0.6) is 5.75 Å². The number of nitrogens with zero attached hydrogens (tertiary/aromatic N) is 1. The SMILES string of the molecule is CCOc1c(F)cc(F)cc1NC1=CC(=O)N(CCO)C1=O. The Kier molecular flexibility index (Phi) is 4.71. The molecule has 8 heteroatoms. The maximum Gasteiger partial charge on any atom is 0.277 e. The van der Waals surface area contributed by atoms with Crippen molar-refractivity contribution in [3.8, 4) is 5.75 Å². The van der Waals surface area contributed by atoms with E-state index in [1.165, 1.54) is 0 Å². The van der Waals surface area contributed by atoms with Gasteiger partial charge in [-0.15, -0.1) is 0 Å². The highest BCUT2D eigenvalue weighted by Gasteiger charge is 2.31. The Morgan fingerprint density at radius 2 is 2.05 bits per heavy atom. The summed E-state index contributed by atoms with van der Waals surface area (Å²) in [6, 6.07) is 1.62. The topological polar surface area (TPSA) is 78.9 Å². The molecule has 6 nitrogen and oxygen atoms in total. The van der Waals surface area contributed by atoms with Crippen molar-refractivity contribution in [1.82, 2.24) is 4.90 Å². The summed E-state index contributed by atoms with van der Waals surface area (Å²) in [5, 5.41) is 11.3. The molecule has 1 aromatic rings. The van der Waals surface area contributed by atoms with Gasteiger partial charge < -0.3 is 15.2 Å². The first-order valence-electron chi connectivity index (χ1n) is 6.55. The Hall–Kier alpha value is -2.48. The molecule has 0 radical (unpaired) electrons. The summed E-state index contributed by atoms with van der Waals surface area (Å²) in [7, 11) is 0. The summed E-state index contributed by atoms with van der Waals surface area (Å²) >= 11 is 0. The first-order chi connectivity index (χ1) is 10.5. The summed E-state index contributed by atoms with van der Waals surface area (Å²) in [4.78, 5) is 24.4. The van der Waals surface area contributed by atoms with Crippen LogP contribution in [-0.4, -0.2) is 41.6 Å². The highest BCUT2D eigenvalue weighted by Crippen LogP contribution is 2.31. The molecule has 0 saturated carbocycles. The molecule has 1 aliphatic rings. The third-order valence-corrected chi connectivity index (χ3v) is 2.90. The molecule has 2 amide bonds. The number of nitrogens with one attached hydrogen (secondary N) is 1. The number of ether oxygens (including phenoxy) is 1. The van der Waals surface area contributed by atoms with Crippen molar-refractivity contribution in [2.45, 2.75) is 6.92 Å². The molecule has 0 aliphatic carbocycles. The molecule has 2 N–H and O–H groups in total. The van der Waals surface area contributed by atoms with E-state index in [2.05, 4.69) is 5.32 Å². The zero-order valence-corrected chi connectivity index (χ0v) is 11.7. The molecule has 1 aliphatic heterocycles. The fourth-order valence-corrected chi connectivity index (χ4v) is 2.00. The minimum atomic E-state index is -0.922. The molecular formula is C14H14F2N2O4. The van der Waals surface area contributed by atoms with Gasteiger partial charge in [0.05, 0.1) is 25.4 Å². The molecule has 1 aromatic carbocycles. The number of β-amino-alcohol motifs (C(OH)–C–C–N with tert-alkyl or cyclic N) is 1. The van der Waals surface area contributed by atoms with Crippen molar-refractivity contribution in [3.63, 3.8) is 0 Å². The first-order valence-corrected chi connectivity index (χ1v) is 6.55. The van der Waals surface area contributed by atoms with E-state index in [1.54, 1.807) is 6.92 Å². The summed E-state index contributed by atoms with van der Waals surface area (Å²) in [5.74, 6) is -3.32. The van der Waals surface area contributed by atoms with E-state index in [1.807, 2.05) is 0 Å². The number of rotatable bonds is 6. The van der Waals surface area contributed by atoms with E-state index in [4.69, 9.17) is 9.84 Å². The second-order valence-corrected chi connectivity index (χ2v) is 4.40. The minimum Gasteiger partial charge on any atom is -0.489 e. The quantitative estimate of drug-likeness (QED) is 0.767. The maximum absolute atomic E-state index is 13.7. The molecule has 0 aromatic heterocycles. The van der Waals surface area contributed by atoms with E-state index in [0.717, 1.165) is 17.0 Å². The van der Waals surface area contributed by atoms with Gasteiger partial charge in [0.2, 0.25) is 0 Å². The molecule has 1 heterocycles. The van der Waals surface area contributed by atoms with Gasteiger partial charge in [0, 0.05) is 18.2 Å². The second-order valence-electron chi connectivity index (χ2n) is 4.40. The van der Waals surface area contributed by atoms with Crippen molar-refractivity contribution >= 4 is 17.5 Å². The normalized spacial score (nSPS) is 14.4. The van der Waals surface area contributed by atoms with Gasteiger partial charge in [-0.25, -0.2) is 8.78 Å². The zero-order chi connectivity index (χ0) is 16.3. The highest BCUT2D eigenvalue weighted by molar-refractivity contribution is 6.17. The Labute approximate surface area is 125 Å². The lowest BCUT2D eigenvalue weighted by Gasteiger charge is -2.15. The number of benzene rings is 1. The number of anilines is 1. The van der Waals surface area contributed by atoms with Crippen LogP contribution in [0.4, 0.5) is 14.5 Å². The number of amides is 2. The van der Waals surface area contributed by atoms with Crippen molar-refractivity contribution < 1.29 is 28.2 Å². The van der Waals surface area contributed by atoms with Crippen LogP contribution < -0.4 is 10.1 Å². The van der Waals surface area contributed by atoms with Gasteiger partial charge in [-0.2, -0.15) is 0 Å². The van der Waals surface area contributed by atoms with Gasteiger partial charge in [-0.05, 0) is 6.92 Å². The van der Waals surface area contributed by atoms with E-state index in [-0.39, 0.29) is 36.9 Å². The van der Waals surface area contributed by atoms with Crippen LogP contribution in [0.15, 0.2) is 23.9 Å². The first kappa shape index (κ1) is 15.9. The average Bonchev–Trinajstić information content (AvgIpc) is 2.71. The fourth-order valence-electron chi connectivity index (χ4n) is 2.00. The average molecular weight is 312 g/mol. The predicted octanol–water partition coefficient (Wildman–Crippen LogP) is 1.02. The van der Waals surface area contributed by atoms with Crippen LogP contribution in [0.2, 0.25) is 0 Å². The van der Waals surface area contributed by atoms with Crippen LogP contribution >= 0.6 is 0 Å². The predicted molar refractivity (Wildman–Crippen MR) is 73.0 cm³/mol. The van der Waals surface area contributed by atoms with Crippen LogP contribution in [0.25, 0.3) is 0 Å². The summed E-state index contributed by atoms with van der Waals surface area (Å²) in [5.41, 5.74) is -0.248. The number of hydrogen-bond acceptors (Lipinski definition) is 5. The highest BCUT2D eigenvalue weighted by atomic mass is 19.1. The number of imide groups is 1. The molecule has 0 fully saturated rings. The lowest BCUT2D eigenvalue weighted by molar-refractivity contribution is -0.137. The lowest BCUT2D eigenvalue weighted by Crippen LogP contribution is -2.34. The number of halogens is 2. The van der Waals surface area contributed by atoms with Gasteiger partial charge in [0.1, 0.15) is 11.5 Å². The Balaban J connectivity index is 2.30. The molecule has 118 valence electrons. The third-order valence-electron chi connectivity index (χ3n) is 2.90. The molecule has 0 saturated heterocycles. The monoisotopic (exact) mass is 312 g/mol. The Morgan fingerprint density at radius 1 is 1.32 bits per heavy atom. The molecule has 0 spiro atoms. The standard InChI is InChI=1S/C14H14F2N2O4/c1-2-22-13-9(16)5-8(15)6-10(13)17-11-7-12(20)18(3-4-19)14(11)21/h5-7,17,19H,2-4H2,1H3. The van der Waals surface area contributed by atoms with Gasteiger partial charge in [0.25, 0.3) is 11.8 Å². The molecule has 0 bridgehead atoms. The van der Waals surface area contributed by atoms with E-state index < -0.39 is 23.4 Å². The third kappa shape index (κ3) is 3.06. The van der Waals surface area contributed by atoms with E-state index in [9.17, 15) is 18.4 Å². The number of carbonyl (C=O) groups is 2. The van der Waals surface area contributed by atoms with Gasteiger partial charge in [0.15, 0.2) is 11.6 Å². The van der Waals surface area contributed by atoms with Gasteiger partial charge >= 0.3 is 0 Å². The molecule has 2 rings (SSSR count). The summed E-state index contributed by atoms with van der Waals surface area (Å²) < 4.78 is 32.2. The van der Waals surface area contributed by atoms with Crippen LogP contribution in [0, 0.1) is 11.6 Å². The fraction of sp³-hybridized carbons (Fsp3) is 0.286. The van der Waals surface area contributed by atoms with E-state index >= 15 is 0 Å². The van der Waals surface area contributed by atoms with Crippen molar-refractivity contribution in [2.24, 2.45) is 0 Å². The smallest absolute Gasteiger partial charge is 0.277 e. The van der Waals surface area contributed by atoms with Crippen molar-refractivity contribution in [2.75, 3.05) is 25.1 Å². The molecule has 0 atom stereocenters. The number of aliphatic hydroxyl groups excluding tert-OH is 1. The summed E-state index contributed by atoms with van der Waals surface area (Å²) in [6.07, 6.45) is 0.997. The number of carbonyl (C=O) groups excluding carboxylic acids is 2. The number of hydrogen-bond donors (Lipinski definition) is 2. The van der Waals surface area contributed by atoms with Crippen LogP contribution in [0.3, 0.4) is 0 Å². The van der Waals surface area contributed by atoms with Crippen LogP contribution in [-0.2, 0) is 9.59 Å². The number of aliphatic hydroxyl groups is 1. The summed E-state index contributed by atoms with van der Waals surface area (Å²) in [6.45, 7) is 1.23. The molecular weight excluding hydrogens is 298 g/mol. The van der Waals surface area contributed by atoms with Crippen molar-refractivity contribution in [1.29, 1.82) is 0 Å². The molecule has 22 heavy (non-hydrogen) atoms. The Morgan fingerprint density at radius 3 is 2.68 bits per heavy atom. The second kappa shape index (κ2) is 6.52. The van der Waals surface area contributed by atoms with E-state index in [0.29, 0.717) is 6.07 Å². The van der Waals surface area contributed by atoms with Crippen molar-refractivity contribution in [3.05, 3.63) is 35.5 Å². The maximum atomic E-state index is 13.7. The zero-order valence-electron chi connectivity index (χ0n) is 11.7. The Bertz CT molecular complexity index is 646. The van der Waals surface area contributed by atoms with Gasteiger partial charge in [-0.3, -0.25) is 14.5 Å². The lowest BCUT2D eigenvalue weighted by atomic mass is 10.2. The van der Waals surface area contributed by atoms with Gasteiger partial charge in [-0.1, -0.05) is 0 Å². The molecule has 0 unspecified atom stereocenters. The minimum absolute atomic E-state index is 0.0994. The van der Waals surface area contributed by atoms with Crippen LogP contribution in [0.1, 0.15) is 6.92 Å².